The third-order valence-corrected chi connectivity index (χ3v) is 3.93. The SMILES string of the molecule is Cc1ccc(OCCNC(=O)c2ccc(Cl)c([N+](=O)[O-])c2)cc1Cl. The summed E-state index contributed by atoms with van der Waals surface area (Å²) in [6, 6.07) is 9.19. The fraction of sp³-hybridized carbons (Fsp3) is 0.188. The number of rotatable bonds is 6. The van der Waals surface area contributed by atoms with Crippen molar-refractivity contribution in [1.82, 2.24) is 5.32 Å². The topological polar surface area (TPSA) is 81.5 Å². The van der Waals surface area contributed by atoms with Crippen LogP contribution in [0.3, 0.4) is 0 Å². The van der Waals surface area contributed by atoms with Gasteiger partial charge in [-0.25, -0.2) is 0 Å². The number of nitro benzene ring substituents is 1. The van der Waals surface area contributed by atoms with Crippen molar-refractivity contribution in [2.24, 2.45) is 0 Å². The van der Waals surface area contributed by atoms with Gasteiger partial charge in [0.1, 0.15) is 17.4 Å². The van der Waals surface area contributed by atoms with Gasteiger partial charge in [-0.05, 0) is 36.8 Å². The fourth-order valence-corrected chi connectivity index (χ4v) is 2.25. The Bertz CT molecular complexity index is 781. The normalized spacial score (nSPS) is 10.3. The van der Waals surface area contributed by atoms with Crippen LogP contribution in [0.4, 0.5) is 5.69 Å². The van der Waals surface area contributed by atoms with Crippen LogP contribution in [0.25, 0.3) is 0 Å². The van der Waals surface area contributed by atoms with Gasteiger partial charge in [-0.1, -0.05) is 29.3 Å². The molecule has 8 heteroatoms. The quantitative estimate of drug-likeness (QED) is 0.474. The molecule has 0 bridgehead atoms. The van der Waals surface area contributed by atoms with Crippen molar-refractivity contribution in [3.05, 3.63) is 67.7 Å². The molecule has 2 aromatic rings. The Morgan fingerprint density at radius 2 is 1.96 bits per heavy atom. The minimum absolute atomic E-state index is 0.0175. The van der Waals surface area contributed by atoms with Gasteiger partial charge >= 0.3 is 0 Å². The molecule has 0 saturated carbocycles. The summed E-state index contributed by atoms with van der Waals surface area (Å²) in [5.41, 5.74) is 0.793. The van der Waals surface area contributed by atoms with Gasteiger partial charge in [0.2, 0.25) is 0 Å². The van der Waals surface area contributed by atoms with Crippen molar-refractivity contribution < 1.29 is 14.5 Å². The standard InChI is InChI=1S/C16H14Cl2N2O4/c1-10-2-4-12(9-14(10)18)24-7-6-19-16(21)11-3-5-13(17)15(8-11)20(22)23/h2-5,8-9H,6-7H2,1H3,(H,19,21). The summed E-state index contributed by atoms with van der Waals surface area (Å²) in [4.78, 5) is 22.2. The molecule has 2 aromatic carbocycles. The highest BCUT2D eigenvalue weighted by atomic mass is 35.5. The smallest absolute Gasteiger partial charge is 0.288 e. The number of hydrogen-bond donors (Lipinski definition) is 1. The van der Waals surface area contributed by atoms with Crippen LogP contribution >= 0.6 is 23.2 Å². The molecule has 2 rings (SSSR count). The zero-order chi connectivity index (χ0) is 17.7. The van der Waals surface area contributed by atoms with Gasteiger partial charge in [-0.2, -0.15) is 0 Å². The van der Waals surface area contributed by atoms with E-state index in [4.69, 9.17) is 27.9 Å². The molecule has 0 saturated heterocycles. The summed E-state index contributed by atoms with van der Waals surface area (Å²) in [6.45, 7) is 2.36. The van der Waals surface area contributed by atoms with Crippen LogP contribution in [0.5, 0.6) is 5.75 Å². The van der Waals surface area contributed by atoms with E-state index in [0.717, 1.165) is 11.6 Å². The number of amides is 1. The number of aryl methyl sites for hydroxylation is 1. The molecule has 24 heavy (non-hydrogen) atoms. The van der Waals surface area contributed by atoms with E-state index in [0.29, 0.717) is 10.8 Å². The van der Waals surface area contributed by atoms with Gasteiger partial charge in [-0.3, -0.25) is 14.9 Å². The summed E-state index contributed by atoms with van der Waals surface area (Å²) >= 11 is 11.7. The van der Waals surface area contributed by atoms with Crippen molar-refractivity contribution in [3.8, 4) is 5.75 Å². The number of benzene rings is 2. The number of nitrogens with one attached hydrogen (secondary N) is 1. The second kappa shape index (κ2) is 7.99. The monoisotopic (exact) mass is 368 g/mol. The zero-order valence-electron chi connectivity index (χ0n) is 12.7. The van der Waals surface area contributed by atoms with Gasteiger partial charge in [0.05, 0.1) is 11.5 Å². The van der Waals surface area contributed by atoms with Crippen molar-refractivity contribution in [2.75, 3.05) is 13.2 Å². The number of carbonyl (C=O) groups is 1. The van der Waals surface area contributed by atoms with Crippen molar-refractivity contribution in [3.63, 3.8) is 0 Å². The first-order valence-electron chi connectivity index (χ1n) is 6.99. The maximum atomic E-state index is 12.0. The molecule has 1 N–H and O–H groups in total. The molecule has 0 aromatic heterocycles. The van der Waals surface area contributed by atoms with E-state index in [1.54, 1.807) is 12.1 Å². The Kier molecular flexibility index (Phi) is 6.00. The van der Waals surface area contributed by atoms with E-state index in [9.17, 15) is 14.9 Å². The van der Waals surface area contributed by atoms with Crippen molar-refractivity contribution in [1.29, 1.82) is 0 Å². The first-order valence-corrected chi connectivity index (χ1v) is 7.75. The average molecular weight is 369 g/mol. The molecular formula is C16H14Cl2N2O4. The maximum Gasteiger partial charge on any atom is 0.288 e. The van der Waals surface area contributed by atoms with Crippen LogP contribution in [0.1, 0.15) is 15.9 Å². The molecule has 1 amide bonds. The molecule has 0 heterocycles. The number of ether oxygens (including phenoxy) is 1. The summed E-state index contributed by atoms with van der Waals surface area (Å²) in [7, 11) is 0. The average Bonchev–Trinajstić information content (AvgIpc) is 2.54. The highest BCUT2D eigenvalue weighted by molar-refractivity contribution is 6.32. The van der Waals surface area contributed by atoms with Gasteiger partial charge in [-0.15, -0.1) is 0 Å². The number of hydrogen-bond acceptors (Lipinski definition) is 4. The lowest BCUT2D eigenvalue weighted by atomic mass is 10.2. The van der Waals surface area contributed by atoms with Crippen LogP contribution in [0.15, 0.2) is 36.4 Å². The lowest BCUT2D eigenvalue weighted by Crippen LogP contribution is -2.28. The lowest BCUT2D eigenvalue weighted by molar-refractivity contribution is -0.384. The predicted octanol–water partition coefficient (Wildman–Crippen LogP) is 4.02. The third kappa shape index (κ3) is 4.59. The summed E-state index contributed by atoms with van der Waals surface area (Å²) < 4.78 is 5.48. The molecule has 126 valence electrons. The molecule has 0 radical (unpaired) electrons. The van der Waals surface area contributed by atoms with Crippen LogP contribution in [0, 0.1) is 17.0 Å². The van der Waals surface area contributed by atoms with Crippen molar-refractivity contribution in [2.45, 2.75) is 6.92 Å². The van der Waals surface area contributed by atoms with E-state index < -0.39 is 10.8 Å². The van der Waals surface area contributed by atoms with Gasteiger partial charge in [0.25, 0.3) is 11.6 Å². The first kappa shape index (κ1) is 18.0. The largest absolute Gasteiger partial charge is 0.492 e. The number of nitrogens with zero attached hydrogens (tertiary/aromatic N) is 1. The molecule has 0 spiro atoms. The molecule has 0 fully saturated rings. The Labute approximate surface area is 148 Å². The Morgan fingerprint density at radius 1 is 1.21 bits per heavy atom. The minimum atomic E-state index is -0.636. The molecule has 6 nitrogen and oxygen atoms in total. The molecular weight excluding hydrogens is 355 g/mol. The van der Waals surface area contributed by atoms with E-state index in [2.05, 4.69) is 5.32 Å². The zero-order valence-corrected chi connectivity index (χ0v) is 14.2. The number of carbonyl (C=O) groups excluding carboxylic acids is 1. The van der Waals surface area contributed by atoms with Crippen LogP contribution in [-0.2, 0) is 0 Å². The molecule has 0 aliphatic carbocycles. The second-order valence-corrected chi connectivity index (χ2v) is 5.75. The second-order valence-electron chi connectivity index (χ2n) is 4.94. The van der Waals surface area contributed by atoms with E-state index in [1.165, 1.54) is 12.1 Å². The lowest BCUT2D eigenvalue weighted by Gasteiger charge is -2.09. The minimum Gasteiger partial charge on any atom is -0.492 e. The van der Waals surface area contributed by atoms with E-state index in [1.807, 2.05) is 13.0 Å². The molecule has 0 aliphatic heterocycles. The fourth-order valence-electron chi connectivity index (χ4n) is 1.89. The molecule has 0 unspecified atom stereocenters. The van der Waals surface area contributed by atoms with Crippen molar-refractivity contribution >= 4 is 34.8 Å². The Hall–Kier alpha value is -2.31. The first-order chi connectivity index (χ1) is 11.4. The predicted molar refractivity (Wildman–Crippen MR) is 92.1 cm³/mol. The summed E-state index contributed by atoms with van der Waals surface area (Å²) in [6.07, 6.45) is 0. The number of halogens is 2. The van der Waals surface area contributed by atoms with Gasteiger partial charge in [0.15, 0.2) is 0 Å². The van der Waals surface area contributed by atoms with E-state index in [-0.39, 0.29) is 29.4 Å². The van der Waals surface area contributed by atoms with Gasteiger partial charge < -0.3 is 10.1 Å². The van der Waals surface area contributed by atoms with Crippen LogP contribution < -0.4 is 10.1 Å². The van der Waals surface area contributed by atoms with E-state index >= 15 is 0 Å². The molecule has 0 atom stereocenters. The highest BCUT2D eigenvalue weighted by Gasteiger charge is 2.16. The highest BCUT2D eigenvalue weighted by Crippen LogP contribution is 2.25. The maximum absolute atomic E-state index is 12.0. The van der Waals surface area contributed by atoms with Gasteiger partial charge in [0, 0.05) is 16.7 Å². The summed E-state index contributed by atoms with van der Waals surface area (Å²) in [5, 5.41) is 14.0. The Balaban J connectivity index is 1.88. The summed E-state index contributed by atoms with van der Waals surface area (Å²) in [5.74, 6) is 0.155. The Morgan fingerprint density at radius 3 is 2.62 bits per heavy atom. The van der Waals surface area contributed by atoms with Crippen LogP contribution in [-0.4, -0.2) is 24.0 Å². The third-order valence-electron chi connectivity index (χ3n) is 3.20. The van der Waals surface area contributed by atoms with Crippen LogP contribution in [0.2, 0.25) is 10.0 Å². The molecule has 0 aliphatic rings. The number of nitro groups is 1.